The molecule has 1 unspecified atom stereocenters. The van der Waals surface area contributed by atoms with Crippen LogP contribution in [0.25, 0.3) is 5.69 Å². The van der Waals surface area contributed by atoms with Crippen molar-refractivity contribution in [3.8, 4) is 5.69 Å². The number of carbonyl (C=O) groups excluding carboxylic acids is 1. The van der Waals surface area contributed by atoms with Crippen LogP contribution in [0.4, 0.5) is 8.78 Å². The predicted molar refractivity (Wildman–Crippen MR) is 67.6 cm³/mol. The maximum Gasteiger partial charge on any atom is 0.153 e. The van der Waals surface area contributed by atoms with E-state index < -0.39 is 11.6 Å². The van der Waals surface area contributed by atoms with Crippen LogP contribution in [0.15, 0.2) is 24.4 Å². The van der Waals surface area contributed by atoms with Crippen molar-refractivity contribution >= 4 is 6.29 Å². The summed E-state index contributed by atoms with van der Waals surface area (Å²) in [5.41, 5.74) is 1.18. The van der Waals surface area contributed by atoms with E-state index in [0.717, 1.165) is 18.6 Å². The molecule has 0 fully saturated rings. The predicted octanol–water partition coefficient (Wildman–Crippen LogP) is 3.48. The fourth-order valence-corrected chi connectivity index (χ4v) is 1.86. The Hall–Kier alpha value is -2.04. The summed E-state index contributed by atoms with van der Waals surface area (Å²) < 4.78 is 27.8. The highest BCUT2D eigenvalue weighted by Crippen LogP contribution is 2.22. The Balaban J connectivity index is 2.51. The number of benzene rings is 1. The first kappa shape index (κ1) is 13.4. The number of aldehydes is 1. The van der Waals surface area contributed by atoms with Crippen molar-refractivity contribution in [2.75, 3.05) is 0 Å². The van der Waals surface area contributed by atoms with Crippen LogP contribution in [0.5, 0.6) is 0 Å². The minimum Gasteiger partial charge on any atom is -0.298 e. The number of hydrogen-bond acceptors (Lipinski definition) is 2. The normalized spacial score (nSPS) is 12.4. The first-order chi connectivity index (χ1) is 9.06. The van der Waals surface area contributed by atoms with Gasteiger partial charge in [-0.15, -0.1) is 0 Å². The third-order valence-corrected chi connectivity index (χ3v) is 3.14. The molecule has 0 amide bonds. The molecule has 0 bridgehead atoms. The molecule has 0 N–H and O–H groups in total. The standard InChI is InChI=1S/C14H14F2N2O/c1-3-9(2)14-10(8-19)7-18(17-14)13-5-4-11(15)6-12(13)16/h4-9H,3H2,1-2H3. The fourth-order valence-electron chi connectivity index (χ4n) is 1.86. The van der Waals surface area contributed by atoms with Gasteiger partial charge in [-0.25, -0.2) is 13.5 Å². The number of carbonyl (C=O) groups is 1. The van der Waals surface area contributed by atoms with E-state index in [9.17, 15) is 13.6 Å². The van der Waals surface area contributed by atoms with Crippen LogP contribution in [-0.4, -0.2) is 16.1 Å². The van der Waals surface area contributed by atoms with Gasteiger partial charge in [-0.3, -0.25) is 4.79 Å². The maximum atomic E-state index is 13.7. The van der Waals surface area contributed by atoms with Crippen LogP contribution >= 0.6 is 0 Å². The van der Waals surface area contributed by atoms with Crippen LogP contribution in [-0.2, 0) is 0 Å². The molecule has 0 radical (unpaired) electrons. The molecule has 0 saturated carbocycles. The molecule has 2 aromatic rings. The number of aromatic nitrogens is 2. The van der Waals surface area contributed by atoms with Crippen LogP contribution in [0.3, 0.4) is 0 Å². The molecule has 5 heteroatoms. The molecular formula is C14H14F2N2O. The molecule has 0 aliphatic carbocycles. The highest BCUT2D eigenvalue weighted by atomic mass is 19.1. The lowest BCUT2D eigenvalue weighted by molar-refractivity contribution is 0.112. The molecule has 1 atom stereocenters. The van der Waals surface area contributed by atoms with Gasteiger partial charge in [0, 0.05) is 18.2 Å². The Morgan fingerprint density at radius 1 is 1.42 bits per heavy atom. The average Bonchev–Trinajstić information content (AvgIpc) is 2.81. The third-order valence-electron chi connectivity index (χ3n) is 3.14. The Kier molecular flexibility index (Phi) is 3.74. The van der Waals surface area contributed by atoms with Crippen molar-refractivity contribution in [3.63, 3.8) is 0 Å². The Morgan fingerprint density at radius 3 is 2.74 bits per heavy atom. The second-order valence-corrected chi connectivity index (χ2v) is 4.44. The molecule has 100 valence electrons. The first-order valence-electron chi connectivity index (χ1n) is 6.07. The smallest absolute Gasteiger partial charge is 0.153 e. The van der Waals surface area contributed by atoms with E-state index in [1.54, 1.807) is 0 Å². The van der Waals surface area contributed by atoms with Gasteiger partial charge in [0.05, 0.1) is 11.3 Å². The van der Waals surface area contributed by atoms with Crippen molar-refractivity contribution in [2.45, 2.75) is 26.2 Å². The van der Waals surface area contributed by atoms with Gasteiger partial charge in [-0.2, -0.15) is 5.10 Å². The molecule has 3 nitrogen and oxygen atoms in total. The lowest BCUT2D eigenvalue weighted by Crippen LogP contribution is -2.01. The van der Waals surface area contributed by atoms with Gasteiger partial charge in [0.1, 0.15) is 11.5 Å². The molecule has 1 aromatic carbocycles. The second kappa shape index (κ2) is 5.30. The van der Waals surface area contributed by atoms with Gasteiger partial charge in [0.2, 0.25) is 0 Å². The zero-order valence-electron chi connectivity index (χ0n) is 10.7. The molecule has 0 spiro atoms. The minimum absolute atomic E-state index is 0.102. The number of hydrogen-bond donors (Lipinski definition) is 0. The van der Waals surface area contributed by atoms with Gasteiger partial charge in [-0.05, 0) is 18.6 Å². The summed E-state index contributed by atoms with van der Waals surface area (Å²) in [5.74, 6) is -1.26. The van der Waals surface area contributed by atoms with Crippen molar-refractivity contribution in [1.29, 1.82) is 0 Å². The van der Waals surface area contributed by atoms with Gasteiger partial charge in [0.15, 0.2) is 12.1 Å². The molecule has 1 aromatic heterocycles. The summed E-state index contributed by atoms with van der Waals surface area (Å²) in [6.45, 7) is 3.93. The monoisotopic (exact) mass is 264 g/mol. The van der Waals surface area contributed by atoms with E-state index in [2.05, 4.69) is 5.10 Å². The lowest BCUT2D eigenvalue weighted by atomic mass is 10.0. The Bertz CT molecular complexity index is 607. The topological polar surface area (TPSA) is 34.9 Å². The average molecular weight is 264 g/mol. The van der Waals surface area contributed by atoms with Gasteiger partial charge < -0.3 is 0 Å². The Labute approximate surface area is 109 Å². The van der Waals surface area contributed by atoms with E-state index >= 15 is 0 Å². The lowest BCUT2D eigenvalue weighted by Gasteiger charge is -2.05. The SMILES string of the molecule is CCC(C)c1nn(-c2ccc(F)cc2F)cc1C=O. The highest BCUT2D eigenvalue weighted by Gasteiger charge is 2.16. The highest BCUT2D eigenvalue weighted by molar-refractivity contribution is 5.76. The fraction of sp³-hybridized carbons (Fsp3) is 0.286. The van der Waals surface area contributed by atoms with E-state index in [1.165, 1.54) is 16.9 Å². The van der Waals surface area contributed by atoms with Crippen LogP contribution < -0.4 is 0 Å². The van der Waals surface area contributed by atoms with Crippen molar-refractivity contribution in [1.82, 2.24) is 9.78 Å². The number of rotatable bonds is 4. The van der Waals surface area contributed by atoms with Gasteiger partial charge in [-0.1, -0.05) is 13.8 Å². The van der Waals surface area contributed by atoms with Crippen molar-refractivity contribution in [3.05, 3.63) is 47.3 Å². The van der Waals surface area contributed by atoms with Crippen molar-refractivity contribution in [2.24, 2.45) is 0 Å². The summed E-state index contributed by atoms with van der Waals surface area (Å²) in [5, 5.41) is 4.24. The largest absolute Gasteiger partial charge is 0.298 e. The quantitative estimate of drug-likeness (QED) is 0.792. The van der Waals surface area contributed by atoms with E-state index in [4.69, 9.17) is 0 Å². The van der Waals surface area contributed by atoms with Crippen LogP contribution in [0.1, 0.15) is 42.2 Å². The summed E-state index contributed by atoms with van der Waals surface area (Å²) in [6, 6.07) is 3.25. The zero-order valence-corrected chi connectivity index (χ0v) is 10.7. The molecule has 0 saturated heterocycles. The molecule has 19 heavy (non-hydrogen) atoms. The van der Waals surface area contributed by atoms with Crippen LogP contribution in [0.2, 0.25) is 0 Å². The summed E-state index contributed by atoms with van der Waals surface area (Å²) in [4.78, 5) is 11.0. The van der Waals surface area contributed by atoms with Gasteiger partial charge in [0.25, 0.3) is 0 Å². The minimum atomic E-state index is -0.712. The van der Waals surface area contributed by atoms with E-state index in [-0.39, 0.29) is 11.6 Å². The first-order valence-corrected chi connectivity index (χ1v) is 6.07. The summed E-state index contributed by atoms with van der Waals surface area (Å²) >= 11 is 0. The van der Waals surface area contributed by atoms with Gasteiger partial charge >= 0.3 is 0 Å². The summed E-state index contributed by atoms with van der Waals surface area (Å²) in [6.07, 6.45) is 2.99. The van der Waals surface area contributed by atoms with E-state index in [0.29, 0.717) is 17.5 Å². The molecule has 0 aliphatic rings. The summed E-state index contributed by atoms with van der Waals surface area (Å²) in [7, 11) is 0. The number of nitrogens with zero attached hydrogens (tertiary/aromatic N) is 2. The molecule has 2 rings (SSSR count). The zero-order chi connectivity index (χ0) is 14.0. The maximum absolute atomic E-state index is 13.7. The second-order valence-electron chi connectivity index (χ2n) is 4.44. The van der Waals surface area contributed by atoms with E-state index in [1.807, 2.05) is 13.8 Å². The molecular weight excluding hydrogens is 250 g/mol. The molecule has 1 heterocycles. The van der Waals surface area contributed by atoms with Crippen LogP contribution in [0, 0.1) is 11.6 Å². The Morgan fingerprint density at radius 2 is 2.16 bits per heavy atom. The third kappa shape index (κ3) is 2.54. The van der Waals surface area contributed by atoms with Crippen molar-refractivity contribution < 1.29 is 13.6 Å². The number of halogens is 2. The molecule has 0 aliphatic heterocycles.